The molecule has 7 heteroatoms. The van der Waals surface area contributed by atoms with E-state index in [0.717, 1.165) is 18.2 Å². The van der Waals surface area contributed by atoms with Gasteiger partial charge in [-0.2, -0.15) is 5.26 Å². The zero-order valence-corrected chi connectivity index (χ0v) is 13.6. The van der Waals surface area contributed by atoms with Gasteiger partial charge in [0.15, 0.2) is 23.1 Å². The highest BCUT2D eigenvalue weighted by Gasteiger charge is 2.35. The van der Waals surface area contributed by atoms with Crippen molar-refractivity contribution in [1.29, 1.82) is 5.26 Å². The van der Waals surface area contributed by atoms with Crippen molar-refractivity contribution in [2.45, 2.75) is 19.8 Å². The Balaban J connectivity index is 2.14. The van der Waals surface area contributed by atoms with Crippen molar-refractivity contribution < 1.29 is 22.8 Å². The fourth-order valence-corrected chi connectivity index (χ4v) is 2.97. The molecule has 26 heavy (non-hydrogen) atoms. The van der Waals surface area contributed by atoms with E-state index in [1.54, 1.807) is 13.0 Å². The molecule has 0 spiro atoms. The predicted molar refractivity (Wildman–Crippen MR) is 85.0 cm³/mol. The van der Waals surface area contributed by atoms with E-state index in [-0.39, 0.29) is 29.7 Å². The summed E-state index contributed by atoms with van der Waals surface area (Å²) in [6, 6.07) is 5.47. The largest absolute Gasteiger partial charge is 0.289 e. The van der Waals surface area contributed by atoms with Crippen molar-refractivity contribution in [3.05, 3.63) is 75.4 Å². The van der Waals surface area contributed by atoms with Gasteiger partial charge in [0, 0.05) is 23.3 Å². The van der Waals surface area contributed by atoms with Gasteiger partial charge in [0.05, 0.1) is 11.1 Å². The van der Waals surface area contributed by atoms with E-state index in [4.69, 9.17) is 5.26 Å². The van der Waals surface area contributed by atoms with Crippen LogP contribution in [0.5, 0.6) is 0 Å². The Morgan fingerprint density at radius 1 is 0.923 bits per heavy atom. The highest BCUT2D eigenvalue weighted by molar-refractivity contribution is 6.27. The van der Waals surface area contributed by atoms with Gasteiger partial charge in [-0.15, -0.1) is 0 Å². The fraction of sp³-hybridized carbons (Fsp3) is 0.158. The van der Waals surface area contributed by atoms with E-state index in [9.17, 15) is 22.8 Å². The fourth-order valence-electron chi connectivity index (χ4n) is 2.97. The number of carbonyl (C=O) groups is 2. The third kappa shape index (κ3) is 2.69. The molecule has 1 aromatic carbocycles. The number of hydrogen-bond acceptors (Lipinski definition) is 4. The van der Waals surface area contributed by atoms with Crippen molar-refractivity contribution in [2.75, 3.05) is 0 Å². The summed E-state index contributed by atoms with van der Waals surface area (Å²) in [6.07, 6.45) is -0.0697. The summed E-state index contributed by atoms with van der Waals surface area (Å²) in [4.78, 5) is 29.1. The molecule has 0 aliphatic heterocycles. The molecule has 0 saturated heterocycles. The number of Topliss-reactive ketones (excluding diaryl/α,β-unsaturated/α-hetero) is 2. The first kappa shape index (κ1) is 17.5. The number of carbonyl (C=O) groups excluding carboxylic acids is 2. The van der Waals surface area contributed by atoms with Gasteiger partial charge in [0.25, 0.3) is 0 Å². The second-order valence-corrected chi connectivity index (χ2v) is 5.67. The van der Waals surface area contributed by atoms with Crippen LogP contribution in [0.4, 0.5) is 13.2 Å². The summed E-state index contributed by atoms with van der Waals surface area (Å²) in [5.74, 6) is -4.33. The summed E-state index contributed by atoms with van der Waals surface area (Å²) in [5.41, 5.74) is -1.43. The monoisotopic (exact) mass is 356 g/mol. The molecule has 0 amide bonds. The highest BCUT2D eigenvalue weighted by Crippen LogP contribution is 2.32. The Labute approximate surface area is 146 Å². The summed E-state index contributed by atoms with van der Waals surface area (Å²) >= 11 is 0. The van der Waals surface area contributed by atoms with Crippen LogP contribution in [0.1, 0.15) is 45.4 Å². The summed E-state index contributed by atoms with van der Waals surface area (Å²) < 4.78 is 41.6. The zero-order chi connectivity index (χ0) is 19.0. The van der Waals surface area contributed by atoms with Crippen molar-refractivity contribution in [3.63, 3.8) is 0 Å². The topological polar surface area (TPSA) is 70.8 Å². The normalized spacial score (nSPS) is 13.7. The first-order chi connectivity index (χ1) is 12.4. The Hall–Kier alpha value is -3.27. The number of pyridine rings is 1. The van der Waals surface area contributed by atoms with Gasteiger partial charge >= 0.3 is 0 Å². The van der Waals surface area contributed by atoms with Gasteiger partial charge in [-0.05, 0) is 30.7 Å². The molecule has 0 unspecified atom stereocenters. The maximum Gasteiger partial charge on any atom is 0.193 e. The number of nitriles is 1. The molecule has 1 aliphatic carbocycles. The molecule has 0 N–H and O–H groups in total. The quantitative estimate of drug-likeness (QED) is 0.841. The minimum Gasteiger partial charge on any atom is -0.289 e. The molecule has 2 aromatic rings. The summed E-state index contributed by atoms with van der Waals surface area (Å²) in [7, 11) is 0. The van der Waals surface area contributed by atoms with E-state index in [1.807, 2.05) is 0 Å². The number of ketones is 2. The molecular weight excluding hydrogens is 345 g/mol. The van der Waals surface area contributed by atoms with Crippen molar-refractivity contribution in [2.24, 2.45) is 0 Å². The zero-order valence-electron chi connectivity index (χ0n) is 13.6. The lowest BCUT2D eigenvalue weighted by atomic mass is 9.80. The number of hydrogen-bond donors (Lipinski definition) is 0. The second kappa shape index (κ2) is 6.56. The lowest BCUT2D eigenvalue weighted by molar-refractivity contribution is 0.0963. The van der Waals surface area contributed by atoms with Crippen LogP contribution in [-0.2, 0) is 6.42 Å². The van der Waals surface area contributed by atoms with Gasteiger partial charge in [-0.3, -0.25) is 9.59 Å². The van der Waals surface area contributed by atoms with Crippen LogP contribution in [0.15, 0.2) is 35.4 Å². The van der Waals surface area contributed by atoms with Crippen LogP contribution in [0.2, 0.25) is 0 Å². The molecular formula is C19H11F3N2O2. The van der Waals surface area contributed by atoms with E-state index < -0.39 is 45.8 Å². The van der Waals surface area contributed by atoms with Crippen LogP contribution in [0.3, 0.4) is 0 Å². The Morgan fingerprint density at radius 3 is 2.00 bits per heavy atom. The lowest BCUT2D eigenvalue weighted by Crippen LogP contribution is -2.26. The number of allylic oxidation sites excluding steroid dienone is 2. The van der Waals surface area contributed by atoms with Crippen molar-refractivity contribution in [1.82, 2.24) is 4.98 Å². The summed E-state index contributed by atoms with van der Waals surface area (Å²) in [5, 5.41) is 8.86. The van der Waals surface area contributed by atoms with Gasteiger partial charge in [0.1, 0.15) is 17.7 Å². The minimum atomic E-state index is -0.989. The lowest BCUT2D eigenvalue weighted by Gasteiger charge is -2.21. The van der Waals surface area contributed by atoms with E-state index >= 15 is 0 Å². The number of fused-ring (bicyclic) bond motifs is 1. The van der Waals surface area contributed by atoms with Gasteiger partial charge in [-0.1, -0.05) is 6.92 Å². The molecule has 130 valence electrons. The molecule has 1 heterocycles. The molecule has 0 saturated carbocycles. The second-order valence-electron chi connectivity index (χ2n) is 5.67. The van der Waals surface area contributed by atoms with Crippen molar-refractivity contribution >= 4 is 11.6 Å². The number of aromatic nitrogens is 1. The predicted octanol–water partition coefficient (Wildman–Crippen LogP) is 3.70. The molecule has 0 bridgehead atoms. The molecule has 1 aromatic heterocycles. The SMILES string of the molecule is CCC1=C(Cc2ccc(F)c(C#N)n2)C(=O)c2c(F)ccc(F)c2C1=O. The third-order valence-electron chi connectivity index (χ3n) is 4.19. The smallest absolute Gasteiger partial charge is 0.193 e. The Bertz CT molecular complexity index is 1040. The van der Waals surface area contributed by atoms with Crippen molar-refractivity contribution in [3.8, 4) is 6.07 Å². The van der Waals surface area contributed by atoms with Crippen LogP contribution in [0.25, 0.3) is 0 Å². The maximum absolute atomic E-state index is 14.1. The Kier molecular flexibility index (Phi) is 4.43. The summed E-state index contributed by atoms with van der Waals surface area (Å²) in [6.45, 7) is 1.61. The highest BCUT2D eigenvalue weighted by atomic mass is 19.1. The van der Waals surface area contributed by atoms with Gasteiger partial charge < -0.3 is 0 Å². The number of rotatable bonds is 3. The molecule has 4 nitrogen and oxygen atoms in total. The number of nitrogens with zero attached hydrogens (tertiary/aromatic N) is 2. The molecule has 0 fully saturated rings. The first-order valence-corrected chi connectivity index (χ1v) is 7.74. The van der Waals surface area contributed by atoms with Crippen LogP contribution >= 0.6 is 0 Å². The van der Waals surface area contributed by atoms with E-state index in [2.05, 4.69) is 4.98 Å². The average molecular weight is 356 g/mol. The molecule has 1 aliphatic rings. The molecule has 3 rings (SSSR count). The van der Waals surface area contributed by atoms with Crippen LogP contribution < -0.4 is 0 Å². The number of benzene rings is 1. The van der Waals surface area contributed by atoms with E-state index in [0.29, 0.717) is 0 Å². The van der Waals surface area contributed by atoms with E-state index in [1.165, 1.54) is 6.07 Å². The number of halogens is 3. The minimum absolute atomic E-state index is 0.0301. The van der Waals surface area contributed by atoms with Gasteiger partial charge in [-0.25, -0.2) is 18.2 Å². The Morgan fingerprint density at radius 2 is 1.46 bits per heavy atom. The molecule has 0 radical (unpaired) electrons. The van der Waals surface area contributed by atoms with Gasteiger partial charge in [0.2, 0.25) is 0 Å². The van der Waals surface area contributed by atoms with Crippen LogP contribution in [-0.4, -0.2) is 16.6 Å². The van der Waals surface area contributed by atoms with Crippen LogP contribution in [0, 0.1) is 28.8 Å². The first-order valence-electron chi connectivity index (χ1n) is 7.74. The average Bonchev–Trinajstić information content (AvgIpc) is 2.63. The third-order valence-corrected chi connectivity index (χ3v) is 4.19. The molecule has 0 atom stereocenters. The maximum atomic E-state index is 14.1. The standard InChI is InChI=1S/C19H11F3N2O2/c1-2-10-11(7-9-3-4-12(20)15(8-23)24-9)19(26)17-14(22)6-5-13(21)16(17)18(10)25/h3-6H,2,7H2,1H3.